The van der Waals surface area contributed by atoms with Crippen LogP contribution in [-0.2, 0) is 6.42 Å². The van der Waals surface area contributed by atoms with Crippen LogP contribution in [0.3, 0.4) is 0 Å². The van der Waals surface area contributed by atoms with Crippen LogP contribution in [0.25, 0.3) is 0 Å². The number of halogens is 1. The summed E-state index contributed by atoms with van der Waals surface area (Å²) in [6.07, 6.45) is 0.648. The monoisotopic (exact) mass is 304 g/mol. The number of carbonyl (C=O) groups excluding carboxylic acids is 1. The van der Waals surface area contributed by atoms with E-state index in [1.165, 1.54) is 12.1 Å². The number of thiophene rings is 1. The largest absolute Gasteiger partial charge is 0.396 e. The van der Waals surface area contributed by atoms with Gasteiger partial charge in [0.25, 0.3) is 5.91 Å². The summed E-state index contributed by atoms with van der Waals surface area (Å²) in [5.41, 5.74) is 12.2. The smallest absolute Gasteiger partial charge is 0.261 e. The number of nitrogens with zero attached hydrogens (tertiary/aromatic N) is 1. The first-order valence-corrected chi connectivity index (χ1v) is 6.95. The van der Waals surface area contributed by atoms with Crippen molar-refractivity contribution in [2.24, 2.45) is 5.73 Å². The molecule has 0 spiro atoms. The van der Waals surface area contributed by atoms with Crippen molar-refractivity contribution in [2.75, 3.05) is 17.6 Å². The zero-order valence-corrected chi connectivity index (χ0v) is 11.8. The molecule has 0 atom stereocenters. The number of nitrogens with two attached hydrogens (primary N) is 2. The Kier molecular flexibility index (Phi) is 4.40. The van der Waals surface area contributed by atoms with Gasteiger partial charge in [-0.15, -0.1) is 11.3 Å². The molecule has 0 aliphatic rings. The third kappa shape index (κ3) is 3.30. The fourth-order valence-corrected chi connectivity index (χ4v) is 2.78. The molecule has 0 saturated heterocycles. The Hall–Kier alpha value is -2.59. The minimum atomic E-state index is -0.652. The fourth-order valence-electron chi connectivity index (χ4n) is 1.83. The first-order valence-electron chi connectivity index (χ1n) is 6.13. The number of primary amides is 1. The van der Waals surface area contributed by atoms with Crippen LogP contribution in [0, 0.1) is 17.1 Å². The van der Waals surface area contributed by atoms with Crippen molar-refractivity contribution >= 4 is 27.9 Å². The number of nitrogens with one attached hydrogen (secondary N) is 1. The number of amides is 1. The van der Waals surface area contributed by atoms with Gasteiger partial charge in [0.15, 0.2) is 0 Å². The Bertz CT molecular complexity index is 703. The molecule has 1 aromatic carbocycles. The Morgan fingerprint density at radius 1 is 1.38 bits per heavy atom. The first-order chi connectivity index (χ1) is 10.0. The Balaban J connectivity index is 2.06. The van der Waals surface area contributed by atoms with E-state index in [1.54, 1.807) is 12.1 Å². The molecule has 0 unspecified atom stereocenters. The van der Waals surface area contributed by atoms with Crippen molar-refractivity contribution < 1.29 is 9.18 Å². The van der Waals surface area contributed by atoms with E-state index in [2.05, 4.69) is 5.32 Å². The van der Waals surface area contributed by atoms with E-state index >= 15 is 0 Å². The lowest BCUT2D eigenvalue weighted by Crippen LogP contribution is -2.10. The lowest BCUT2D eigenvalue weighted by molar-refractivity contribution is 0.100. The maximum Gasteiger partial charge on any atom is 0.261 e. The van der Waals surface area contributed by atoms with Crippen LogP contribution in [0.4, 0.5) is 15.1 Å². The average Bonchev–Trinajstić information content (AvgIpc) is 2.77. The van der Waals surface area contributed by atoms with Gasteiger partial charge >= 0.3 is 0 Å². The number of nitrogen functional groups attached to an aromatic ring is 1. The minimum absolute atomic E-state index is 0.110. The minimum Gasteiger partial charge on any atom is -0.396 e. The molecule has 0 aliphatic heterocycles. The van der Waals surface area contributed by atoms with Crippen molar-refractivity contribution in [2.45, 2.75) is 6.42 Å². The normalized spacial score (nSPS) is 10.1. The highest BCUT2D eigenvalue weighted by Crippen LogP contribution is 2.34. The predicted octanol–water partition coefficient (Wildman–Crippen LogP) is 2.09. The fraction of sp³-hybridized carbons (Fsp3) is 0.143. The molecule has 0 aliphatic carbocycles. The molecule has 2 rings (SSSR count). The van der Waals surface area contributed by atoms with Gasteiger partial charge in [-0.05, 0) is 24.1 Å². The number of rotatable bonds is 5. The summed E-state index contributed by atoms with van der Waals surface area (Å²) in [7, 11) is 0. The average molecular weight is 304 g/mol. The third-order valence-electron chi connectivity index (χ3n) is 2.89. The summed E-state index contributed by atoms with van der Waals surface area (Å²) in [5.74, 6) is -0.934. The Labute approximate surface area is 125 Å². The third-order valence-corrected chi connectivity index (χ3v) is 4.07. The molecule has 108 valence electrons. The van der Waals surface area contributed by atoms with Crippen LogP contribution in [0.15, 0.2) is 24.3 Å². The van der Waals surface area contributed by atoms with Crippen LogP contribution in [-0.4, -0.2) is 12.5 Å². The number of anilines is 2. The highest BCUT2D eigenvalue weighted by Gasteiger charge is 2.18. The molecular weight excluding hydrogens is 291 g/mol. The second-order valence-corrected chi connectivity index (χ2v) is 5.35. The van der Waals surface area contributed by atoms with E-state index in [1.807, 2.05) is 6.07 Å². The van der Waals surface area contributed by atoms with Crippen LogP contribution < -0.4 is 16.8 Å². The molecule has 1 aromatic heterocycles. The molecule has 7 heteroatoms. The molecule has 5 nitrogen and oxygen atoms in total. The lowest BCUT2D eigenvalue weighted by atomic mass is 10.1. The van der Waals surface area contributed by atoms with Gasteiger partial charge in [-0.1, -0.05) is 12.1 Å². The zero-order chi connectivity index (χ0) is 15.4. The predicted molar refractivity (Wildman–Crippen MR) is 80.6 cm³/mol. The SMILES string of the molecule is N#Cc1c(NCCc2ccc(F)cc2)sc(C(N)=O)c1N. The molecule has 0 radical (unpaired) electrons. The Morgan fingerprint density at radius 3 is 2.62 bits per heavy atom. The van der Waals surface area contributed by atoms with E-state index in [4.69, 9.17) is 16.7 Å². The van der Waals surface area contributed by atoms with Gasteiger partial charge in [0.1, 0.15) is 27.3 Å². The number of carbonyl (C=O) groups is 1. The van der Waals surface area contributed by atoms with Gasteiger partial charge in [-0.25, -0.2) is 4.39 Å². The van der Waals surface area contributed by atoms with E-state index in [0.717, 1.165) is 16.9 Å². The van der Waals surface area contributed by atoms with Crippen LogP contribution in [0.2, 0.25) is 0 Å². The second kappa shape index (κ2) is 6.24. The van der Waals surface area contributed by atoms with Crippen LogP contribution in [0.1, 0.15) is 20.8 Å². The maximum atomic E-state index is 12.8. The highest BCUT2D eigenvalue weighted by atomic mass is 32.1. The van der Waals surface area contributed by atoms with Gasteiger partial charge in [-0.3, -0.25) is 4.79 Å². The Morgan fingerprint density at radius 2 is 2.05 bits per heavy atom. The van der Waals surface area contributed by atoms with Crippen molar-refractivity contribution in [3.05, 3.63) is 46.1 Å². The summed E-state index contributed by atoms with van der Waals surface area (Å²) in [4.78, 5) is 11.4. The van der Waals surface area contributed by atoms with Crippen molar-refractivity contribution in [1.29, 1.82) is 5.26 Å². The number of hydrogen-bond acceptors (Lipinski definition) is 5. The zero-order valence-electron chi connectivity index (χ0n) is 11.0. The molecule has 1 amide bonds. The van der Waals surface area contributed by atoms with Gasteiger partial charge < -0.3 is 16.8 Å². The molecule has 0 saturated carbocycles. The number of nitriles is 1. The molecule has 5 N–H and O–H groups in total. The standard InChI is InChI=1S/C14H13FN4OS/c15-9-3-1-8(2-4-9)5-6-19-14-10(7-16)11(17)12(21-14)13(18)20/h1-4,19H,5-6,17H2,(H2,18,20). The topological polar surface area (TPSA) is 105 Å². The summed E-state index contributed by atoms with van der Waals surface area (Å²) in [6, 6.07) is 8.14. The maximum absolute atomic E-state index is 12.8. The van der Waals surface area contributed by atoms with E-state index in [9.17, 15) is 9.18 Å². The highest BCUT2D eigenvalue weighted by molar-refractivity contribution is 7.18. The summed E-state index contributed by atoms with van der Waals surface area (Å²) in [6.45, 7) is 0.526. The first kappa shape index (κ1) is 14.8. The molecule has 21 heavy (non-hydrogen) atoms. The van der Waals surface area contributed by atoms with Gasteiger partial charge in [0.05, 0.1) is 5.69 Å². The van der Waals surface area contributed by atoms with Crippen molar-refractivity contribution in [3.63, 3.8) is 0 Å². The molecule has 0 bridgehead atoms. The van der Waals surface area contributed by atoms with Gasteiger partial charge in [-0.2, -0.15) is 5.26 Å². The number of benzene rings is 1. The van der Waals surface area contributed by atoms with E-state index in [-0.39, 0.29) is 21.9 Å². The quantitative estimate of drug-likeness (QED) is 0.786. The molecule has 0 fully saturated rings. The van der Waals surface area contributed by atoms with Gasteiger partial charge in [0, 0.05) is 6.54 Å². The van der Waals surface area contributed by atoms with Gasteiger partial charge in [0.2, 0.25) is 0 Å². The lowest BCUT2D eigenvalue weighted by Gasteiger charge is -2.04. The summed E-state index contributed by atoms with van der Waals surface area (Å²) >= 11 is 1.06. The molecule has 1 heterocycles. The summed E-state index contributed by atoms with van der Waals surface area (Å²) < 4.78 is 12.8. The molecular formula is C14H13FN4OS. The van der Waals surface area contributed by atoms with E-state index < -0.39 is 5.91 Å². The molecule has 2 aromatic rings. The van der Waals surface area contributed by atoms with Crippen LogP contribution in [0.5, 0.6) is 0 Å². The van der Waals surface area contributed by atoms with Crippen molar-refractivity contribution in [1.82, 2.24) is 0 Å². The van der Waals surface area contributed by atoms with Crippen molar-refractivity contribution in [3.8, 4) is 6.07 Å². The van der Waals surface area contributed by atoms with Crippen LogP contribution >= 0.6 is 11.3 Å². The second-order valence-electron chi connectivity index (χ2n) is 4.33. The number of hydrogen-bond donors (Lipinski definition) is 3. The van der Waals surface area contributed by atoms with E-state index in [0.29, 0.717) is 18.0 Å². The summed E-state index contributed by atoms with van der Waals surface area (Å²) in [5, 5.41) is 12.7.